The summed E-state index contributed by atoms with van der Waals surface area (Å²) in [6.45, 7) is 0.372. The molecule has 0 atom stereocenters. The summed E-state index contributed by atoms with van der Waals surface area (Å²) >= 11 is 0. The Morgan fingerprint density at radius 3 is 2.57 bits per heavy atom. The minimum Gasteiger partial charge on any atom is -0.493 e. The molecular weight excluding hydrogens is 269 g/mol. The maximum atomic E-state index is 14.0. The van der Waals surface area contributed by atoms with Gasteiger partial charge in [0, 0.05) is 11.1 Å². The number of methoxy groups -OCH3 is 1. The highest BCUT2D eigenvalue weighted by molar-refractivity contribution is 5.40. The summed E-state index contributed by atoms with van der Waals surface area (Å²) in [5.74, 6) is 6.31. The number of nitrogens with two attached hydrogens (primary N) is 1. The van der Waals surface area contributed by atoms with Gasteiger partial charge < -0.3 is 15.2 Å². The van der Waals surface area contributed by atoms with Crippen molar-refractivity contribution in [3.05, 3.63) is 59.4 Å². The Kier molecular flexibility index (Phi) is 5.19. The number of ether oxygens (including phenoxy) is 2. The first-order valence-electron chi connectivity index (χ1n) is 6.47. The topological polar surface area (TPSA) is 44.5 Å². The van der Waals surface area contributed by atoms with Gasteiger partial charge in [0.15, 0.2) is 11.5 Å². The molecule has 0 saturated carbocycles. The van der Waals surface area contributed by atoms with Gasteiger partial charge in [0.05, 0.1) is 13.7 Å². The first-order valence-corrected chi connectivity index (χ1v) is 6.47. The number of hydrogen-bond donors (Lipinski definition) is 1. The molecule has 108 valence electrons. The quantitative estimate of drug-likeness (QED) is 0.878. The molecule has 0 unspecified atom stereocenters. The molecule has 3 nitrogen and oxygen atoms in total. The van der Waals surface area contributed by atoms with Crippen LogP contribution in [0.1, 0.15) is 11.1 Å². The normalized spacial score (nSPS) is 9.67. The monoisotopic (exact) mass is 285 g/mol. The highest BCUT2D eigenvalue weighted by atomic mass is 19.1. The third-order valence-electron chi connectivity index (χ3n) is 2.84. The van der Waals surface area contributed by atoms with Crippen LogP contribution in [0.25, 0.3) is 0 Å². The van der Waals surface area contributed by atoms with Gasteiger partial charge in [0.25, 0.3) is 0 Å². The predicted octanol–water partition coefficient (Wildman–Crippen LogP) is 2.72. The zero-order chi connectivity index (χ0) is 15.1. The van der Waals surface area contributed by atoms with E-state index in [4.69, 9.17) is 15.2 Å². The van der Waals surface area contributed by atoms with Crippen molar-refractivity contribution >= 4 is 0 Å². The van der Waals surface area contributed by atoms with Gasteiger partial charge >= 0.3 is 0 Å². The molecule has 0 aliphatic carbocycles. The molecule has 0 bridgehead atoms. The summed E-state index contributed by atoms with van der Waals surface area (Å²) in [5, 5.41) is 0. The fourth-order valence-corrected chi connectivity index (χ4v) is 1.79. The second-order valence-corrected chi connectivity index (χ2v) is 4.25. The van der Waals surface area contributed by atoms with Gasteiger partial charge in [-0.2, -0.15) is 0 Å². The molecule has 21 heavy (non-hydrogen) atoms. The zero-order valence-corrected chi connectivity index (χ0v) is 11.7. The third kappa shape index (κ3) is 3.98. The van der Waals surface area contributed by atoms with Crippen molar-refractivity contribution in [2.45, 2.75) is 6.61 Å². The molecule has 0 amide bonds. The Bertz CT molecular complexity index is 674. The van der Waals surface area contributed by atoms with Crippen molar-refractivity contribution in [1.82, 2.24) is 0 Å². The lowest BCUT2D eigenvalue weighted by molar-refractivity contribution is 0.280. The van der Waals surface area contributed by atoms with Crippen LogP contribution in [0.2, 0.25) is 0 Å². The van der Waals surface area contributed by atoms with Gasteiger partial charge in [-0.3, -0.25) is 0 Å². The molecule has 2 aromatic rings. The predicted molar refractivity (Wildman–Crippen MR) is 79.7 cm³/mol. The molecule has 4 heteroatoms. The molecule has 0 aliphatic heterocycles. The lowest BCUT2D eigenvalue weighted by atomic mass is 10.1. The Hall–Kier alpha value is -2.51. The van der Waals surface area contributed by atoms with Crippen molar-refractivity contribution in [1.29, 1.82) is 0 Å². The second kappa shape index (κ2) is 7.32. The summed E-state index contributed by atoms with van der Waals surface area (Å²) in [6, 6.07) is 12.0. The minimum atomic E-state index is -0.353. The molecule has 0 spiro atoms. The van der Waals surface area contributed by atoms with Crippen molar-refractivity contribution in [2.24, 2.45) is 5.73 Å². The first kappa shape index (κ1) is 14.9. The maximum absolute atomic E-state index is 14.0. The van der Waals surface area contributed by atoms with E-state index >= 15 is 0 Å². The van der Waals surface area contributed by atoms with E-state index in [0.29, 0.717) is 22.6 Å². The highest BCUT2D eigenvalue weighted by Gasteiger charge is 2.06. The highest BCUT2D eigenvalue weighted by Crippen LogP contribution is 2.26. The smallest absolute Gasteiger partial charge is 0.161 e. The number of para-hydroxylation sites is 2. The molecule has 2 aromatic carbocycles. The number of halogens is 1. The van der Waals surface area contributed by atoms with E-state index in [9.17, 15) is 4.39 Å². The van der Waals surface area contributed by atoms with E-state index in [-0.39, 0.29) is 19.0 Å². The summed E-state index contributed by atoms with van der Waals surface area (Å²) in [5.41, 5.74) is 6.34. The van der Waals surface area contributed by atoms with E-state index in [1.807, 2.05) is 12.1 Å². The second-order valence-electron chi connectivity index (χ2n) is 4.25. The third-order valence-corrected chi connectivity index (χ3v) is 2.84. The molecule has 0 fully saturated rings. The van der Waals surface area contributed by atoms with Crippen LogP contribution in [0.15, 0.2) is 42.5 Å². The van der Waals surface area contributed by atoms with Crippen molar-refractivity contribution in [3.63, 3.8) is 0 Å². The lowest BCUT2D eigenvalue weighted by Crippen LogP contribution is -2.00. The molecule has 0 aliphatic rings. The van der Waals surface area contributed by atoms with Crippen LogP contribution in [0.4, 0.5) is 4.39 Å². The van der Waals surface area contributed by atoms with Crippen LogP contribution >= 0.6 is 0 Å². The number of hydrogen-bond acceptors (Lipinski definition) is 3. The largest absolute Gasteiger partial charge is 0.493 e. The van der Waals surface area contributed by atoms with Crippen LogP contribution in [0.3, 0.4) is 0 Å². The average molecular weight is 285 g/mol. The molecule has 2 rings (SSSR count). The van der Waals surface area contributed by atoms with E-state index in [2.05, 4.69) is 11.8 Å². The van der Waals surface area contributed by atoms with E-state index in [1.54, 1.807) is 31.4 Å². The van der Waals surface area contributed by atoms with Crippen molar-refractivity contribution in [2.75, 3.05) is 13.7 Å². The Labute approximate surface area is 123 Å². The molecule has 0 aromatic heterocycles. The average Bonchev–Trinajstić information content (AvgIpc) is 2.52. The lowest BCUT2D eigenvalue weighted by Gasteiger charge is -2.10. The van der Waals surface area contributed by atoms with Gasteiger partial charge in [-0.05, 0) is 24.3 Å². The van der Waals surface area contributed by atoms with Crippen LogP contribution in [0.5, 0.6) is 11.5 Å². The van der Waals surface area contributed by atoms with Gasteiger partial charge in [0.2, 0.25) is 0 Å². The van der Waals surface area contributed by atoms with Crippen molar-refractivity contribution < 1.29 is 13.9 Å². The molecule has 0 radical (unpaired) electrons. The summed E-state index contributed by atoms with van der Waals surface area (Å²) < 4.78 is 24.7. The van der Waals surface area contributed by atoms with Crippen LogP contribution < -0.4 is 15.2 Å². The van der Waals surface area contributed by atoms with E-state index < -0.39 is 0 Å². The zero-order valence-electron chi connectivity index (χ0n) is 11.7. The number of rotatable bonds is 4. The maximum Gasteiger partial charge on any atom is 0.161 e. The fraction of sp³-hybridized carbons (Fsp3) is 0.176. The standard InChI is InChI=1S/C17H16FNO2/c1-20-16-6-2-3-7-17(16)21-12-14-9-8-13(5-4-10-19)11-15(14)18/h2-3,6-9,11H,10,12,19H2,1H3. The SMILES string of the molecule is COc1ccccc1OCc1ccc(C#CCN)cc1F. The summed E-state index contributed by atoms with van der Waals surface area (Å²) in [4.78, 5) is 0. The molecular formula is C17H16FNO2. The summed E-state index contributed by atoms with van der Waals surface area (Å²) in [6.07, 6.45) is 0. The van der Waals surface area contributed by atoms with Gasteiger partial charge in [-0.1, -0.05) is 30.0 Å². The van der Waals surface area contributed by atoms with Crippen molar-refractivity contribution in [3.8, 4) is 23.3 Å². The van der Waals surface area contributed by atoms with Crippen LogP contribution in [0, 0.1) is 17.7 Å². The van der Waals surface area contributed by atoms with Gasteiger partial charge in [-0.15, -0.1) is 0 Å². The van der Waals surface area contributed by atoms with Gasteiger partial charge in [0.1, 0.15) is 12.4 Å². The Morgan fingerprint density at radius 1 is 1.14 bits per heavy atom. The Morgan fingerprint density at radius 2 is 1.90 bits per heavy atom. The van der Waals surface area contributed by atoms with Crippen LogP contribution in [-0.4, -0.2) is 13.7 Å². The first-order chi connectivity index (χ1) is 10.2. The number of benzene rings is 2. The molecule has 0 saturated heterocycles. The van der Waals surface area contributed by atoms with E-state index in [0.717, 1.165) is 0 Å². The Balaban J connectivity index is 2.10. The van der Waals surface area contributed by atoms with Gasteiger partial charge in [-0.25, -0.2) is 4.39 Å². The summed E-state index contributed by atoms with van der Waals surface area (Å²) in [7, 11) is 1.56. The van der Waals surface area contributed by atoms with E-state index in [1.165, 1.54) is 6.07 Å². The molecule has 0 heterocycles. The fourth-order valence-electron chi connectivity index (χ4n) is 1.79. The molecule has 2 N–H and O–H groups in total. The minimum absolute atomic E-state index is 0.122. The van der Waals surface area contributed by atoms with Crippen LogP contribution in [-0.2, 0) is 6.61 Å².